The molecule has 1 aliphatic rings. The summed E-state index contributed by atoms with van der Waals surface area (Å²) < 4.78 is 1.90. The van der Waals surface area contributed by atoms with Crippen molar-refractivity contribution in [3.63, 3.8) is 0 Å². The summed E-state index contributed by atoms with van der Waals surface area (Å²) in [6.45, 7) is 8.62. The van der Waals surface area contributed by atoms with E-state index in [4.69, 9.17) is 5.73 Å². The van der Waals surface area contributed by atoms with Gasteiger partial charge in [-0.1, -0.05) is 6.92 Å². The van der Waals surface area contributed by atoms with Crippen molar-refractivity contribution in [1.29, 1.82) is 0 Å². The van der Waals surface area contributed by atoms with Crippen LogP contribution in [0.5, 0.6) is 0 Å². The van der Waals surface area contributed by atoms with Crippen LogP contribution >= 0.6 is 0 Å². The first-order valence-corrected chi connectivity index (χ1v) is 8.77. The summed E-state index contributed by atoms with van der Waals surface area (Å²) in [5.74, 6) is 0.391. The highest BCUT2D eigenvalue weighted by atomic mass is 16.1. The number of aromatic nitrogens is 3. The highest BCUT2D eigenvalue weighted by Gasteiger charge is 2.41. The van der Waals surface area contributed by atoms with Gasteiger partial charge < -0.3 is 11.1 Å². The Bertz CT molecular complexity index is 764. The van der Waals surface area contributed by atoms with Crippen molar-refractivity contribution in [2.45, 2.75) is 58.5 Å². The van der Waals surface area contributed by atoms with Gasteiger partial charge in [-0.25, -0.2) is 9.67 Å². The largest absolute Gasteiger partial charge is 0.345 e. The molecule has 1 aliphatic carbocycles. The summed E-state index contributed by atoms with van der Waals surface area (Å²) in [4.78, 5) is 17.5. The average Bonchev–Trinajstić information content (AvgIpc) is 3.34. The van der Waals surface area contributed by atoms with E-state index in [1.165, 1.54) is 0 Å². The molecule has 6 nitrogen and oxygen atoms in total. The molecule has 2 atom stereocenters. The van der Waals surface area contributed by atoms with Crippen LogP contribution in [0.1, 0.15) is 62.1 Å². The van der Waals surface area contributed by atoms with Gasteiger partial charge in [0.25, 0.3) is 5.91 Å². The second kappa shape index (κ2) is 6.16. The maximum absolute atomic E-state index is 12.9. The second-order valence-electron chi connectivity index (χ2n) is 7.24. The van der Waals surface area contributed by atoms with Gasteiger partial charge in [-0.05, 0) is 52.0 Å². The Morgan fingerprint density at radius 3 is 2.83 bits per heavy atom. The third-order valence-corrected chi connectivity index (χ3v) is 5.25. The van der Waals surface area contributed by atoms with Crippen LogP contribution < -0.4 is 11.1 Å². The lowest BCUT2D eigenvalue weighted by Gasteiger charge is -2.29. The molecule has 0 saturated heterocycles. The zero-order valence-corrected chi connectivity index (χ0v) is 15.0. The molecule has 2 aromatic heterocycles. The van der Waals surface area contributed by atoms with Crippen molar-refractivity contribution in [3.8, 4) is 0 Å². The molecular weight excluding hydrogens is 302 g/mol. The van der Waals surface area contributed by atoms with Crippen molar-refractivity contribution < 1.29 is 4.79 Å². The van der Waals surface area contributed by atoms with E-state index in [0.717, 1.165) is 36.0 Å². The maximum atomic E-state index is 12.9. The lowest BCUT2D eigenvalue weighted by Crippen LogP contribution is -2.53. The molecule has 0 bridgehead atoms. The summed E-state index contributed by atoms with van der Waals surface area (Å²) in [5.41, 5.74) is 7.82. The number of nitrogens with two attached hydrogens (primary N) is 1. The summed E-state index contributed by atoms with van der Waals surface area (Å²) in [7, 11) is 0. The minimum Gasteiger partial charge on any atom is -0.345 e. The van der Waals surface area contributed by atoms with E-state index in [-0.39, 0.29) is 17.5 Å². The van der Waals surface area contributed by atoms with Crippen LogP contribution in [0, 0.1) is 12.8 Å². The molecule has 3 N–H and O–H groups in total. The number of carbonyl (C=O) groups is 1. The number of hydrogen-bond donors (Lipinski definition) is 2. The van der Waals surface area contributed by atoms with E-state index in [2.05, 4.69) is 29.2 Å². The molecule has 3 rings (SSSR count). The van der Waals surface area contributed by atoms with Crippen LogP contribution in [-0.2, 0) is 0 Å². The number of carbonyl (C=O) groups excluding carboxylic acids is 1. The maximum Gasteiger partial charge on any atom is 0.252 e. The summed E-state index contributed by atoms with van der Waals surface area (Å²) in [5, 5.41) is 8.43. The van der Waals surface area contributed by atoms with Crippen LogP contribution in [0.2, 0.25) is 0 Å². The SMILES string of the molecule is CCC(C)n1ncc2c(C(=O)NC(C)(CN)C3CC3)cc(C)nc21. The number of pyridine rings is 1. The van der Waals surface area contributed by atoms with Crippen LogP contribution in [-0.4, -0.2) is 32.8 Å². The Kier molecular flexibility index (Phi) is 4.34. The molecule has 2 heterocycles. The number of nitrogens with zero attached hydrogens (tertiary/aromatic N) is 3. The van der Waals surface area contributed by atoms with Gasteiger partial charge >= 0.3 is 0 Å². The molecule has 0 aliphatic heterocycles. The first-order valence-electron chi connectivity index (χ1n) is 8.77. The topological polar surface area (TPSA) is 85.8 Å². The van der Waals surface area contributed by atoms with Crippen molar-refractivity contribution >= 4 is 16.9 Å². The smallest absolute Gasteiger partial charge is 0.252 e. The molecule has 0 aromatic carbocycles. The number of aryl methyl sites for hydroxylation is 1. The molecule has 0 radical (unpaired) electrons. The molecule has 0 spiro atoms. The Balaban J connectivity index is 1.99. The monoisotopic (exact) mass is 329 g/mol. The first-order chi connectivity index (χ1) is 11.4. The fourth-order valence-corrected chi connectivity index (χ4v) is 3.19. The number of nitrogens with one attached hydrogen (secondary N) is 1. The van der Waals surface area contributed by atoms with Crippen LogP contribution in [0.25, 0.3) is 11.0 Å². The molecule has 2 aromatic rings. The van der Waals surface area contributed by atoms with E-state index in [1.54, 1.807) is 6.20 Å². The van der Waals surface area contributed by atoms with Gasteiger partial charge in [0, 0.05) is 12.2 Å². The standard InChI is InChI=1S/C18H27N5O/c1-5-12(3)23-16-15(9-20-23)14(8-11(2)21-16)17(24)22-18(4,10-19)13-6-7-13/h8-9,12-13H,5-7,10,19H2,1-4H3,(H,22,24). The lowest BCUT2D eigenvalue weighted by molar-refractivity contribution is 0.0899. The number of amides is 1. The summed E-state index contributed by atoms with van der Waals surface area (Å²) in [6, 6.07) is 2.08. The van der Waals surface area contributed by atoms with Gasteiger partial charge in [0.05, 0.1) is 28.7 Å². The predicted molar refractivity (Wildman–Crippen MR) is 94.9 cm³/mol. The highest BCUT2D eigenvalue weighted by molar-refractivity contribution is 6.05. The zero-order chi connectivity index (χ0) is 17.5. The van der Waals surface area contributed by atoms with Gasteiger partial charge in [0.2, 0.25) is 0 Å². The van der Waals surface area contributed by atoms with Gasteiger partial charge in [0.15, 0.2) is 5.65 Å². The lowest BCUT2D eigenvalue weighted by atomic mass is 9.95. The quantitative estimate of drug-likeness (QED) is 0.853. The van der Waals surface area contributed by atoms with Crippen molar-refractivity contribution in [3.05, 3.63) is 23.5 Å². The fraction of sp³-hybridized carbons (Fsp3) is 0.611. The number of hydrogen-bond acceptors (Lipinski definition) is 4. The Labute approximate surface area is 142 Å². The molecule has 24 heavy (non-hydrogen) atoms. The molecule has 130 valence electrons. The molecule has 2 unspecified atom stereocenters. The molecule has 6 heteroatoms. The third kappa shape index (κ3) is 2.90. The molecule has 1 amide bonds. The number of rotatable bonds is 6. The van der Waals surface area contributed by atoms with Gasteiger partial charge in [0.1, 0.15) is 0 Å². The first kappa shape index (κ1) is 16.9. The number of fused-ring (bicyclic) bond motifs is 1. The van der Waals surface area contributed by atoms with Crippen LogP contribution in [0.4, 0.5) is 0 Å². The van der Waals surface area contributed by atoms with E-state index < -0.39 is 0 Å². The molecule has 1 fully saturated rings. The predicted octanol–water partition coefficient (Wildman–Crippen LogP) is 2.57. The molecular formula is C18H27N5O. The van der Waals surface area contributed by atoms with Crippen molar-refractivity contribution in [2.24, 2.45) is 11.7 Å². The van der Waals surface area contributed by atoms with E-state index >= 15 is 0 Å². The second-order valence-corrected chi connectivity index (χ2v) is 7.24. The fourth-order valence-electron chi connectivity index (χ4n) is 3.19. The Morgan fingerprint density at radius 1 is 1.54 bits per heavy atom. The summed E-state index contributed by atoms with van der Waals surface area (Å²) >= 11 is 0. The third-order valence-electron chi connectivity index (χ3n) is 5.25. The van der Waals surface area contributed by atoms with Gasteiger partial charge in [-0.2, -0.15) is 5.10 Å². The normalized spacial score (nSPS) is 18.4. The van der Waals surface area contributed by atoms with Crippen LogP contribution in [0.3, 0.4) is 0 Å². The van der Waals surface area contributed by atoms with Gasteiger partial charge in [-0.15, -0.1) is 0 Å². The summed E-state index contributed by atoms with van der Waals surface area (Å²) in [6.07, 6.45) is 4.97. The van der Waals surface area contributed by atoms with Crippen LogP contribution in [0.15, 0.2) is 12.3 Å². The highest BCUT2D eigenvalue weighted by Crippen LogP contribution is 2.39. The average molecular weight is 329 g/mol. The zero-order valence-electron chi connectivity index (χ0n) is 15.0. The Hall–Kier alpha value is -1.95. The van der Waals surface area contributed by atoms with Crippen molar-refractivity contribution in [1.82, 2.24) is 20.1 Å². The van der Waals surface area contributed by atoms with E-state index in [9.17, 15) is 4.79 Å². The van der Waals surface area contributed by atoms with E-state index in [1.807, 2.05) is 24.6 Å². The van der Waals surface area contributed by atoms with Gasteiger partial charge in [-0.3, -0.25) is 4.79 Å². The minimum absolute atomic E-state index is 0.0888. The molecule has 1 saturated carbocycles. The van der Waals surface area contributed by atoms with E-state index in [0.29, 0.717) is 18.0 Å². The Morgan fingerprint density at radius 2 is 2.25 bits per heavy atom. The van der Waals surface area contributed by atoms with Crippen molar-refractivity contribution in [2.75, 3.05) is 6.54 Å². The minimum atomic E-state index is -0.340.